The fourth-order valence-electron chi connectivity index (χ4n) is 3.57. The van der Waals surface area contributed by atoms with Gasteiger partial charge in [0.25, 0.3) is 11.1 Å². The van der Waals surface area contributed by atoms with Crippen molar-refractivity contribution >= 4 is 70.0 Å². The molecule has 0 aliphatic rings. The number of carbonyl (C=O) groups is 2. The maximum atomic E-state index is 12.5. The van der Waals surface area contributed by atoms with Crippen molar-refractivity contribution in [2.45, 2.75) is 84.5 Å². The Morgan fingerprint density at radius 1 is 0.791 bits per heavy atom. The van der Waals surface area contributed by atoms with Crippen LogP contribution in [-0.2, 0) is 41.3 Å². The summed E-state index contributed by atoms with van der Waals surface area (Å²) in [4.78, 5) is 26.9. The molecule has 0 bridgehead atoms. The molecule has 11 nitrogen and oxygen atoms in total. The summed E-state index contributed by atoms with van der Waals surface area (Å²) in [6, 6.07) is 5.34. The molecule has 240 valence electrons. The van der Waals surface area contributed by atoms with Crippen LogP contribution in [0.2, 0.25) is 0 Å². The van der Waals surface area contributed by atoms with E-state index in [1.54, 1.807) is 27.7 Å². The summed E-state index contributed by atoms with van der Waals surface area (Å²) in [5, 5.41) is -1.12. The number of hydrogen-bond donors (Lipinski definition) is 2. The van der Waals surface area contributed by atoms with Gasteiger partial charge in [0.15, 0.2) is 25.6 Å². The number of aliphatic imine (C=N–C) groups is 1. The highest BCUT2D eigenvalue weighted by molar-refractivity contribution is 7.92. The normalized spacial score (nSPS) is 14.4. The van der Waals surface area contributed by atoms with E-state index in [1.165, 1.54) is 24.3 Å². The van der Waals surface area contributed by atoms with E-state index in [9.17, 15) is 34.8 Å². The van der Waals surface area contributed by atoms with Crippen molar-refractivity contribution in [1.29, 1.82) is 0 Å². The van der Waals surface area contributed by atoms with Crippen LogP contribution in [-0.4, -0.2) is 65.4 Å². The van der Waals surface area contributed by atoms with E-state index in [0.717, 1.165) is 12.5 Å². The molecule has 2 rings (SSSR count). The number of guanidine groups is 1. The number of hydrogen-bond acceptors (Lipinski definition) is 8. The number of nitrogens with zero attached hydrogens (tertiary/aromatic N) is 1. The molecular formula is C27H38ClN3O8S4. The lowest BCUT2D eigenvalue weighted by Gasteiger charge is -2.15. The van der Waals surface area contributed by atoms with Gasteiger partial charge in [0.2, 0.25) is 0 Å². The summed E-state index contributed by atoms with van der Waals surface area (Å²) >= 11 is 5.44. The quantitative estimate of drug-likeness (QED) is 0.211. The van der Waals surface area contributed by atoms with Crippen LogP contribution in [0.1, 0.15) is 72.4 Å². The van der Waals surface area contributed by atoms with Crippen molar-refractivity contribution in [2.75, 3.05) is 12.5 Å². The van der Waals surface area contributed by atoms with Crippen LogP contribution in [0.25, 0.3) is 0 Å². The van der Waals surface area contributed by atoms with Gasteiger partial charge < -0.3 is 11.5 Å². The number of halogens is 1. The number of nitrogens with two attached hydrogens (primary N) is 2. The minimum absolute atomic E-state index is 0.0590. The first-order valence-electron chi connectivity index (χ1n) is 12.9. The molecule has 0 heterocycles. The zero-order chi connectivity index (χ0) is 33.6. The molecule has 4 N–H and O–H groups in total. The molecule has 16 heteroatoms. The highest BCUT2D eigenvalue weighted by atomic mass is 35.5. The Morgan fingerprint density at radius 2 is 1.14 bits per heavy atom. The third kappa shape index (κ3) is 10.3. The summed E-state index contributed by atoms with van der Waals surface area (Å²) in [6.07, 6.45) is 3.32. The first-order chi connectivity index (χ1) is 19.6. The van der Waals surface area contributed by atoms with Gasteiger partial charge in [0.05, 0.1) is 41.2 Å². The van der Waals surface area contributed by atoms with Gasteiger partial charge in [-0.1, -0.05) is 27.7 Å². The van der Waals surface area contributed by atoms with Crippen LogP contribution < -0.4 is 11.5 Å². The molecule has 0 aliphatic heterocycles. The van der Waals surface area contributed by atoms with Gasteiger partial charge in [-0.05, 0) is 73.7 Å². The Kier molecular flexibility index (Phi) is 13.9. The third-order valence-electron chi connectivity index (χ3n) is 6.37. The van der Waals surface area contributed by atoms with Crippen molar-refractivity contribution in [3.05, 3.63) is 46.5 Å². The number of benzene rings is 2. The highest BCUT2D eigenvalue weighted by Crippen LogP contribution is 2.28. The van der Waals surface area contributed by atoms with Gasteiger partial charge in [-0.25, -0.2) is 16.8 Å². The predicted molar refractivity (Wildman–Crippen MR) is 171 cm³/mol. The van der Waals surface area contributed by atoms with Gasteiger partial charge in [-0.3, -0.25) is 18.0 Å². The Labute approximate surface area is 263 Å². The van der Waals surface area contributed by atoms with E-state index < -0.39 is 58.4 Å². The second-order valence-electron chi connectivity index (χ2n) is 9.92. The van der Waals surface area contributed by atoms with Crippen LogP contribution >= 0.6 is 11.6 Å². The van der Waals surface area contributed by atoms with Crippen molar-refractivity contribution in [2.24, 2.45) is 16.5 Å². The Hall–Kier alpha value is -2.46. The zero-order valence-electron chi connectivity index (χ0n) is 25.3. The standard InChI is InChI=1S/C14H21N3O4S2.C13H17ClO4S2/c1-5-9(3)22(19)11-6-8(2)10(13(18)17-14(15)16)7-12(11)23(4,20)21;1-5-9(3)19(16)11-6-8(2)10(13(14)15)7-12(11)20(4,17)18/h6-7,9H,5H2,1-4H3,(H4,15,16,17,18);6-7,9H,5H2,1-4H3. The van der Waals surface area contributed by atoms with E-state index in [2.05, 4.69) is 4.99 Å². The molecular weight excluding hydrogens is 658 g/mol. The van der Waals surface area contributed by atoms with Crippen LogP contribution in [0.4, 0.5) is 0 Å². The zero-order valence-corrected chi connectivity index (χ0v) is 29.3. The number of amides is 1. The second-order valence-corrected chi connectivity index (χ2v) is 17.9. The number of aryl methyl sites for hydroxylation is 2. The first kappa shape index (κ1) is 38.6. The summed E-state index contributed by atoms with van der Waals surface area (Å²) in [5.74, 6) is -1.16. The van der Waals surface area contributed by atoms with Crippen molar-refractivity contribution in [3.63, 3.8) is 0 Å². The number of rotatable bonds is 10. The summed E-state index contributed by atoms with van der Waals surface area (Å²) in [7, 11) is -10.2. The van der Waals surface area contributed by atoms with E-state index in [-0.39, 0.29) is 41.2 Å². The topological polar surface area (TPSA) is 201 Å². The van der Waals surface area contributed by atoms with Gasteiger partial charge in [-0.2, -0.15) is 4.99 Å². The Bertz CT molecular complexity index is 1700. The molecule has 2 aromatic carbocycles. The average molecular weight is 696 g/mol. The monoisotopic (exact) mass is 695 g/mol. The maximum Gasteiger partial charge on any atom is 0.280 e. The number of carbonyl (C=O) groups excluding carboxylic acids is 2. The molecule has 1 amide bonds. The minimum atomic E-state index is -3.68. The molecule has 43 heavy (non-hydrogen) atoms. The molecule has 2 aromatic rings. The van der Waals surface area contributed by atoms with Gasteiger partial charge in [-0.15, -0.1) is 0 Å². The SMILES string of the molecule is CCC(C)S(=O)c1cc(C)c(C(=O)Cl)cc1S(C)(=O)=O.CCC(C)S(=O)c1cc(C)c(C(=O)N=C(N)N)cc1S(C)(=O)=O. The largest absolute Gasteiger partial charge is 0.370 e. The van der Waals surface area contributed by atoms with Gasteiger partial charge in [0.1, 0.15) is 0 Å². The van der Waals surface area contributed by atoms with Crippen molar-refractivity contribution in [1.82, 2.24) is 0 Å². The van der Waals surface area contributed by atoms with Gasteiger partial charge >= 0.3 is 0 Å². The second kappa shape index (κ2) is 15.5. The van der Waals surface area contributed by atoms with Crippen molar-refractivity contribution in [3.8, 4) is 0 Å². The average Bonchev–Trinajstić information content (AvgIpc) is 2.89. The molecule has 0 radical (unpaired) electrons. The highest BCUT2D eigenvalue weighted by Gasteiger charge is 2.25. The Morgan fingerprint density at radius 3 is 1.44 bits per heavy atom. The van der Waals surface area contributed by atoms with E-state index in [4.69, 9.17) is 23.1 Å². The molecule has 0 aliphatic carbocycles. The van der Waals surface area contributed by atoms with Crippen LogP contribution in [0.5, 0.6) is 0 Å². The van der Waals surface area contributed by atoms with Crippen LogP contribution in [0.3, 0.4) is 0 Å². The smallest absolute Gasteiger partial charge is 0.280 e. The molecule has 4 unspecified atom stereocenters. The minimum Gasteiger partial charge on any atom is -0.370 e. The first-order valence-corrected chi connectivity index (χ1v) is 19.5. The lowest BCUT2D eigenvalue weighted by atomic mass is 10.1. The molecule has 0 saturated heterocycles. The predicted octanol–water partition coefficient (Wildman–Crippen LogP) is 3.40. The van der Waals surface area contributed by atoms with Gasteiger partial charge in [0, 0.05) is 34.1 Å². The molecule has 0 saturated carbocycles. The lowest BCUT2D eigenvalue weighted by molar-refractivity contribution is 0.100. The molecule has 4 atom stereocenters. The third-order valence-corrected chi connectivity index (χ3v) is 12.8. The Balaban J connectivity index is 0.000000434. The van der Waals surface area contributed by atoms with E-state index in [1.807, 2.05) is 13.8 Å². The van der Waals surface area contributed by atoms with Crippen molar-refractivity contribution < 1.29 is 34.8 Å². The maximum absolute atomic E-state index is 12.5. The van der Waals surface area contributed by atoms with Crippen LogP contribution in [0, 0.1) is 13.8 Å². The molecule has 0 fully saturated rings. The fraction of sp³-hybridized carbons (Fsp3) is 0.444. The lowest BCUT2D eigenvalue weighted by Crippen LogP contribution is -2.24. The van der Waals surface area contributed by atoms with Crippen LogP contribution in [0.15, 0.2) is 48.8 Å². The number of sulfone groups is 2. The summed E-state index contributed by atoms with van der Waals surface area (Å²) in [5.41, 5.74) is 11.5. The summed E-state index contributed by atoms with van der Waals surface area (Å²) in [6.45, 7) is 10.6. The van der Waals surface area contributed by atoms with E-state index in [0.29, 0.717) is 24.0 Å². The summed E-state index contributed by atoms with van der Waals surface area (Å²) < 4.78 is 72.8. The van der Waals surface area contributed by atoms with E-state index >= 15 is 0 Å². The molecule has 0 aromatic heterocycles. The fourth-order valence-corrected chi connectivity index (χ4v) is 9.26. The molecule has 0 spiro atoms.